The highest BCUT2D eigenvalue weighted by atomic mass is 35.5. The van der Waals surface area contributed by atoms with Gasteiger partial charge in [-0.25, -0.2) is 19.6 Å². The Morgan fingerprint density at radius 3 is 1.65 bits per heavy atom. The summed E-state index contributed by atoms with van der Waals surface area (Å²) < 4.78 is 5.49. The van der Waals surface area contributed by atoms with Gasteiger partial charge in [0.15, 0.2) is 0 Å². The Kier molecular flexibility index (Phi) is 13.5. The van der Waals surface area contributed by atoms with E-state index in [4.69, 9.17) is 39.1 Å². The topological polar surface area (TPSA) is 200 Å². The second-order valence-corrected chi connectivity index (χ2v) is 15.8. The average molecular weight is 886 g/mol. The van der Waals surface area contributed by atoms with E-state index in [1.807, 2.05) is 42.5 Å². The summed E-state index contributed by atoms with van der Waals surface area (Å²) >= 11 is 12.7. The molecule has 320 valence electrons. The third kappa shape index (κ3) is 9.25. The molecule has 3 heterocycles. The molecule has 15 heteroatoms. The number of amidine groups is 1. The van der Waals surface area contributed by atoms with Gasteiger partial charge in [-0.15, -0.1) is 0 Å². The maximum Gasteiger partial charge on any atom is 0.326 e. The fourth-order valence-electron chi connectivity index (χ4n) is 8.34. The van der Waals surface area contributed by atoms with E-state index >= 15 is 0 Å². The largest absolute Gasteiger partial charge is 0.496 e. The third-order valence-electron chi connectivity index (χ3n) is 11.3. The summed E-state index contributed by atoms with van der Waals surface area (Å²) in [5, 5.41) is 28.3. The normalized spacial score (nSPS) is 18.0. The number of hydrogen-bond acceptors (Lipinski definition) is 8. The molecule has 5 aromatic carbocycles. The Morgan fingerprint density at radius 1 is 0.651 bits per heavy atom. The van der Waals surface area contributed by atoms with Crippen LogP contribution in [0.4, 0.5) is 0 Å². The predicted molar refractivity (Wildman–Crippen MR) is 239 cm³/mol. The van der Waals surface area contributed by atoms with Gasteiger partial charge in [-0.05, 0) is 90.4 Å². The molecule has 0 radical (unpaired) electrons. The predicted octanol–water partition coefficient (Wildman–Crippen LogP) is 8.96. The van der Waals surface area contributed by atoms with Crippen LogP contribution in [0.2, 0.25) is 10.0 Å². The molecule has 2 aliphatic heterocycles. The minimum absolute atomic E-state index is 0.0373. The monoisotopic (exact) mass is 884 g/mol. The van der Waals surface area contributed by atoms with Crippen molar-refractivity contribution in [2.24, 2.45) is 5.73 Å². The quantitative estimate of drug-likeness (QED) is 0.0760. The summed E-state index contributed by atoms with van der Waals surface area (Å²) in [6, 6.07) is 31.0. The first-order chi connectivity index (χ1) is 30.4. The molecule has 0 bridgehead atoms. The lowest BCUT2D eigenvalue weighted by Gasteiger charge is -2.29. The number of aromatic nitrogens is 2. The zero-order chi connectivity index (χ0) is 44.8. The fourth-order valence-corrected chi connectivity index (χ4v) is 8.86. The summed E-state index contributed by atoms with van der Waals surface area (Å²) in [4.78, 5) is 61.6. The molecule has 5 N–H and O–H groups in total. The summed E-state index contributed by atoms with van der Waals surface area (Å²) in [6.45, 7) is 0. The van der Waals surface area contributed by atoms with Crippen LogP contribution in [0.3, 0.4) is 0 Å². The summed E-state index contributed by atoms with van der Waals surface area (Å²) in [6.07, 6.45) is 6.50. The Balaban J connectivity index is 0.000000189. The van der Waals surface area contributed by atoms with Crippen molar-refractivity contribution in [3.05, 3.63) is 172 Å². The number of carboxylic acid groups (broad SMARTS) is 2. The molecule has 0 unspecified atom stereocenters. The van der Waals surface area contributed by atoms with Gasteiger partial charge in [-0.1, -0.05) is 96.0 Å². The number of ether oxygens (including phenoxy) is 1. The molecule has 6 aromatic rings. The van der Waals surface area contributed by atoms with Crippen molar-refractivity contribution in [2.75, 3.05) is 7.11 Å². The molecule has 2 saturated heterocycles. The number of carboxylic acids is 2. The number of nitrogens with one attached hydrogen (secondary N) is 1. The van der Waals surface area contributed by atoms with Crippen LogP contribution in [-0.4, -0.2) is 78.8 Å². The molecule has 8 rings (SSSR count). The van der Waals surface area contributed by atoms with Crippen LogP contribution in [-0.2, 0) is 9.59 Å². The van der Waals surface area contributed by atoms with Gasteiger partial charge in [0.1, 0.15) is 30.0 Å². The van der Waals surface area contributed by atoms with Gasteiger partial charge in [-0.2, -0.15) is 0 Å². The highest BCUT2D eigenvalue weighted by Crippen LogP contribution is 2.42. The van der Waals surface area contributed by atoms with Crippen molar-refractivity contribution in [3.8, 4) is 28.0 Å². The van der Waals surface area contributed by atoms with Gasteiger partial charge < -0.3 is 30.5 Å². The molecule has 2 aliphatic rings. The van der Waals surface area contributed by atoms with Gasteiger partial charge >= 0.3 is 11.9 Å². The maximum absolute atomic E-state index is 13.5. The second-order valence-electron chi connectivity index (χ2n) is 14.9. The number of carbonyl (C=O) groups is 4. The number of likely N-dealkylation sites (tertiary alicyclic amines) is 2. The number of nitrogens with two attached hydrogens (primary N) is 1. The minimum Gasteiger partial charge on any atom is -0.496 e. The van der Waals surface area contributed by atoms with Gasteiger partial charge in [0.2, 0.25) is 0 Å². The van der Waals surface area contributed by atoms with E-state index in [9.17, 15) is 29.4 Å². The summed E-state index contributed by atoms with van der Waals surface area (Å²) in [7, 11) is 1.51. The second kappa shape index (κ2) is 19.3. The number of carbonyl (C=O) groups excluding carboxylic acids is 2. The summed E-state index contributed by atoms with van der Waals surface area (Å²) in [5.41, 5.74) is 11.6. The lowest BCUT2D eigenvalue weighted by Crippen LogP contribution is -2.41. The van der Waals surface area contributed by atoms with Crippen LogP contribution in [0.1, 0.15) is 75.2 Å². The Bertz CT molecular complexity index is 2680. The van der Waals surface area contributed by atoms with Crippen molar-refractivity contribution in [1.29, 1.82) is 5.41 Å². The standard InChI is InChI=1S/C25H22ClN3O3.C23H20ClN3O4/c26-20-8-4-3-7-19(20)21-13-14-22(25(31)32)29(21)24(30)16-11-9-15(10-12-16)17-5-1-2-6-18(17)23(27)28;1-31-21-10-14(6-7-16(21)15-11-25-13-26-12-15)22(28)27-19(8-9-20(27)23(29)30)17-4-2-3-5-18(17)24/h1-12,21-22H,13-14H2,(H3,27,28)(H,31,32);2-7,10-13,19-20H,8-9H2,1H3,(H,29,30)/t21-,22+;19-,20+/m11/s1. The number of nitrogens with zero attached hydrogens (tertiary/aromatic N) is 4. The number of aliphatic carboxylic acids is 2. The van der Waals surface area contributed by atoms with E-state index in [-0.39, 0.29) is 17.6 Å². The number of benzene rings is 5. The number of hydrogen-bond donors (Lipinski definition) is 4. The van der Waals surface area contributed by atoms with E-state index in [1.165, 1.54) is 23.2 Å². The molecule has 13 nitrogen and oxygen atoms in total. The molecule has 4 atom stereocenters. The van der Waals surface area contributed by atoms with Crippen molar-refractivity contribution in [3.63, 3.8) is 0 Å². The van der Waals surface area contributed by atoms with Gasteiger partial charge in [0.05, 0.1) is 19.2 Å². The molecule has 0 aliphatic carbocycles. The van der Waals surface area contributed by atoms with Crippen molar-refractivity contribution >= 4 is 52.8 Å². The lowest BCUT2D eigenvalue weighted by molar-refractivity contribution is -0.142. The van der Waals surface area contributed by atoms with Crippen LogP contribution >= 0.6 is 23.2 Å². The van der Waals surface area contributed by atoms with Crippen molar-refractivity contribution in [2.45, 2.75) is 49.9 Å². The Labute approximate surface area is 373 Å². The van der Waals surface area contributed by atoms with Crippen LogP contribution in [0.15, 0.2) is 134 Å². The SMILES string of the molecule is COc1cc(C(=O)N2[C@@H](c3ccccc3Cl)CC[C@H]2C(=O)O)ccc1-c1cncnc1.N=C(N)c1ccccc1-c1ccc(C(=O)N2[C@@H](c3ccccc3Cl)CC[C@H]2C(=O)O)cc1. The highest BCUT2D eigenvalue weighted by molar-refractivity contribution is 6.31. The van der Waals surface area contributed by atoms with Crippen molar-refractivity contribution in [1.82, 2.24) is 19.8 Å². The van der Waals surface area contributed by atoms with E-state index in [1.54, 1.807) is 85.2 Å². The third-order valence-corrected chi connectivity index (χ3v) is 12.0. The Morgan fingerprint density at radius 2 is 1.14 bits per heavy atom. The number of amides is 2. The minimum atomic E-state index is -1.03. The highest BCUT2D eigenvalue weighted by Gasteiger charge is 2.44. The zero-order valence-corrected chi connectivity index (χ0v) is 35.4. The first-order valence-corrected chi connectivity index (χ1v) is 20.7. The lowest BCUT2D eigenvalue weighted by atomic mass is 9.97. The van der Waals surface area contributed by atoms with E-state index in [0.29, 0.717) is 58.2 Å². The first kappa shape index (κ1) is 44.0. The van der Waals surface area contributed by atoms with Gasteiger partial charge in [-0.3, -0.25) is 15.0 Å². The van der Waals surface area contributed by atoms with Crippen molar-refractivity contribution < 1.29 is 34.1 Å². The molecule has 2 fully saturated rings. The van der Waals surface area contributed by atoms with E-state index < -0.39 is 36.1 Å². The Hall–Kier alpha value is -7.09. The van der Waals surface area contributed by atoms with E-state index in [2.05, 4.69) is 9.97 Å². The number of nitrogen functional groups attached to an aromatic ring is 1. The number of halogens is 2. The van der Waals surface area contributed by atoms with Crippen LogP contribution < -0.4 is 10.5 Å². The number of methoxy groups -OCH3 is 1. The van der Waals surface area contributed by atoms with Gasteiger partial charge in [0.25, 0.3) is 11.8 Å². The molecule has 1 aromatic heterocycles. The van der Waals surface area contributed by atoms with Crippen LogP contribution in [0.25, 0.3) is 22.3 Å². The first-order valence-electron chi connectivity index (χ1n) is 20.0. The molecular weight excluding hydrogens is 843 g/mol. The molecular formula is C48H42Cl2N6O7. The van der Waals surface area contributed by atoms with Crippen LogP contribution in [0, 0.1) is 5.41 Å². The summed E-state index contributed by atoms with van der Waals surface area (Å²) in [5.74, 6) is -2.37. The van der Waals surface area contributed by atoms with Gasteiger partial charge in [0, 0.05) is 50.3 Å². The smallest absolute Gasteiger partial charge is 0.326 e. The maximum atomic E-state index is 13.5. The zero-order valence-electron chi connectivity index (χ0n) is 33.9. The molecule has 63 heavy (non-hydrogen) atoms. The molecule has 0 spiro atoms. The van der Waals surface area contributed by atoms with E-state index in [0.717, 1.165) is 33.4 Å². The average Bonchev–Trinajstić information content (AvgIpc) is 3.95. The number of rotatable bonds is 10. The van der Waals surface area contributed by atoms with Crippen LogP contribution in [0.5, 0.6) is 5.75 Å². The fraction of sp³-hybridized carbons (Fsp3) is 0.188. The molecule has 2 amide bonds. The molecule has 0 saturated carbocycles.